The van der Waals surface area contributed by atoms with E-state index < -0.39 is 0 Å². The van der Waals surface area contributed by atoms with Gasteiger partial charge in [0.2, 0.25) is 5.91 Å². The Kier molecular flexibility index (Phi) is 4.28. The van der Waals surface area contributed by atoms with Gasteiger partial charge in [-0.3, -0.25) is 4.79 Å². The number of ether oxygens (including phenoxy) is 1. The summed E-state index contributed by atoms with van der Waals surface area (Å²) in [6, 6.07) is 17.7. The monoisotopic (exact) mass is 296 g/mol. The van der Waals surface area contributed by atoms with Gasteiger partial charge in [0.1, 0.15) is 18.4 Å². The highest BCUT2D eigenvalue weighted by molar-refractivity contribution is 5.84. The zero-order chi connectivity index (χ0) is 15.4. The van der Waals surface area contributed by atoms with Crippen molar-refractivity contribution in [2.24, 2.45) is 5.73 Å². The molecule has 0 bridgehead atoms. The van der Waals surface area contributed by atoms with Gasteiger partial charge < -0.3 is 15.4 Å². The first-order valence-electron chi connectivity index (χ1n) is 7.57. The fraction of sp³-hybridized carbons (Fsp3) is 0.278. The molecule has 4 nitrogen and oxygen atoms in total. The maximum absolute atomic E-state index is 11.5. The van der Waals surface area contributed by atoms with Gasteiger partial charge in [-0.1, -0.05) is 30.3 Å². The first kappa shape index (κ1) is 14.4. The minimum Gasteiger partial charge on any atom is -0.489 e. The lowest BCUT2D eigenvalue weighted by atomic mass is 10.2. The molecule has 0 unspecified atom stereocenters. The van der Waals surface area contributed by atoms with E-state index in [1.54, 1.807) is 0 Å². The Hall–Kier alpha value is -2.49. The van der Waals surface area contributed by atoms with Crippen molar-refractivity contribution >= 4 is 11.6 Å². The lowest BCUT2D eigenvalue weighted by Gasteiger charge is -2.24. The number of carbonyl (C=O) groups excluding carboxylic acids is 1. The zero-order valence-electron chi connectivity index (χ0n) is 12.4. The quantitative estimate of drug-likeness (QED) is 0.923. The average Bonchev–Trinajstić information content (AvgIpc) is 3.04. The Morgan fingerprint density at radius 3 is 2.55 bits per heavy atom. The van der Waals surface area contributed by atoms with Crippen LogP contribution in [0.3, 0.4) is 0 Å². The van der Waals surface area contributed by atoms with Gasteiger partial charge in [-0.2, -0.15) is 0 Å². The van der Waals surface area contributed by atoms with Crippen LogP contribution in [0.1, 0.15) is 18.4 Å². The average molecular weight is 296 g/mol. The molecule has 0 aliphatic carbocycles. The highest BCUT2D eigenvalue weighted by atomic mass is 16.5. The summed E-state index contributed by atoms with van der Waals surface area (Å²) in [5, 5.41) is 0. The van der Waals surface area contributed by atoms with Gasteiger partial charge in [0.05, 0.1) is 0 Å². The molecule has 3 rings (SSSR count). The molecule has 1 heterocycles. The third-order valence-corrected chi connectivity index (χ3v) is 4.00. The summed E-state index contributed by atoms with van der Waals surface area (Å²) in [5.74, 6) is 0.573. The van der Waals surface area contributed by atoms with E-state index in [0.717, 1.165) is 36.4 Å². The zero-order valence-corrected chi connectivity index (χ0v) is 12.4. The van der Waals surface area contributed by atoms with Crippen molar-refractivity contribution in [2.45, 2.75) is 25.5 Å². The number of carbonyl (C=O) groups is 1. The fourth-order valence-electron chi connectivity index (χ4n) is 2.85. The van der Waals surface area contributed by atoms with Gasteiger partial charge in [0.15, 0.2) is 0 Å². The largest absolute Gasteiger partial charge is 0.489 e. The molecule has 2 N–H and O–H groups in total. The molecule has 4 heteroatoms. The summed E-state index contributed by atoms with van der Waals surface area (Å²) in [5.41, 5.74) is 7.62. The predicted molar refractivity (Wildman–Crippen MR) is 86.8 cm³/mol. The van der Waals surface area contributed by atoms with Gasteiger partial charge in [-0.15, -0.1) is 0 Å². The minimum atomic E-state index is -0.248. The standard InChI is InChI=1S/C18H20N2O2/c19-18(21)17-7-4-12-20(17)15-8-10-16(11-9-15)22-13-14-5-2-1-3-6-14/h1-3,5-6,8-11,17H,4,7,12-13H2,(H2,19,21)/t17-/m1/s1. The second kappa shape index (κ2) is 6.52. The van der Waals surface area contributed by atoms with Gasteiger partial charge >= 0.3 is 0 Å². The van der Waals surface area contributed by atoms with Crippen molar-refractivity contribution < 1.29 is 9.53 Å². The van der Waals surface area contributed by atoms with Crippen LogP contribution in [0.15, 0.2) is 54.6 Å². The third-order valence-electron chi connectivity index (χ3n) is 4.00. The second-order valence-electron chi connectivity index (χ2n) is 5.52. The molecule has 1 atom stereocenters. The maximum Gasteiger partial charge on any atom is 0.240 e. The number of hydrogen-bond acceptors (Lipinski definition) is 3. The van der Waals surface area contributed by atoms with E-state index in [9.17, 15) is 4.79 Å². The van der Waals surface area contributed by atoms with E-state index in [4.69, 9.17) is 10.5 Å². The molecule has 1 amide bonds. The Morgan fingerprint density at radius 1 is 1.14 bits per heavy atom. The van der Waals surface area contributed by atoms with Crippen LogP contribution in [0.5, 0.6) is 5.75 Å². The summed E-state index contributed by atoms with van der Waals surface area (Å²) in [6.07, 6.45) is 1.83. The van der Waals surface area contributed by atoms with Crippen LogP contribution >= 0.6 is 0 Å². The summed E-state index contributed by atoms with van der Waals surface area (Å²) in [4.78, 5) is 13.5. The molecule has 1 fully saturated rings. The predicted octanol–water partition coefficient (Wildman–Crippen LogP) is 2.72. The molecule has 114 valence electrons. The smallest absolute Gasteiger partial charge is 0.240 e. The summed E-state index contributed by atoms with van der Waals surface area (Å²) in [6.45, 7) is 1.42. The number of amides is 1. The van der Waals surface area contributed by atoms with Gasteiger partial charge in [-0.25, -0.2) is 0 Å². The summed E-state index contributed by atoms with van der Waals surface area (Å²) in [7, 11) is 0. The Balaban J connectivity index is 1.64. The van der Waals surface area contributed by atoms with E-state index >= 15 is 0 Å². The number of hydrogen-bond donors (Lipinski definition) is 1. The molecular formula is C18H20N2O2. The van der Waals surface area contributed by atoms with Crippen LogP contribution in [-0.2, 0) is 11.4 Å². The van der Waals surface area contributed by atoms with Crippen LogP contribution < -0.4 is 15.4 Å². The molecular weight excluding hydrogens is 276 g/mol. The molecule has 2 aromatic carbocycles. The molecule has 0 spiro atoms. The van der Waals surface area contributed by atoms with Crippen molar-refractivity contribution in [3.8, 4) is 5.75 Å². The lowest BCUT2D eigenvalue weighted by molar-refractivity contribution is -0.119. The van der Waals surface area contributed by atoms with Crippen molar-refractivity contribution in [2.75, 3.05) is 11.4 Å². The highest BCUT2D eigenvalue weighted by Gasteiger charge is 2.28. The molecule has 1 aliphatic heterocycles. The van der Waals surface area contributed by atoms with Crippen molar-refractivity contribution in [3.05, 3.63) is 60.2 Å². The maximum atomic E-state index is 11.5. The number of benzene rings is 2. The second-order valence-corrected chi connectivity index (χ2v) is 5.52. The van der Waals surface area contributed by atoms with Crippen LogP contribution in [0.2, 0.25) is 0 Å². The number of nitrogens with zero attached hydrogens (tertiary/aromatic N) is 1. The summed E-state index contributed by atoms with van der Waals surface area (Å²) >= 11 is 0. The molecule has 22 heavy (non-hydrogen) atoms. The molecule has 0 radical (unpaired) electrons. The number of primary amides is 1. The Morgan fingerprint density at radius 2 is 1.86 bits per heavy atom. The number of nitrogens with two attached hydrogens (primary N) is 1. The van der Waals surface area contributed by atoms with Crippen LogP contribution in [0.4, 0.5) is 5.69 Å². The molecule has 2 aromatic rings. The van der Waals surface area contributed by atoms with Crippen LogP contribution in [0, 0.1) is 0 Å². The van der Waals surface area contributed by atoms with E-state index in [1.807, 2.05) is 54.6 Å². The Labute approximate surface area is 130 Å². The van der Waals surface area contributed by atoms with E-state index in [2.05, 4.69) is 4.90 Å². The van der Waals surface area contributed by atoms with Crippen LogP contribution in [0.25, 0.3) is 0 Å². The number of anilines is 1. The van der Waals surface area contributed by atoms with E-state index in [1.165, 1.54) is 0 Å². The van der Waals surface area contributed by atoms with Gasteiger partial charge in [-0.05, 0) is 42.7 Å². The van der Waals surface area contributed by atoms with E-state index in [-0.39, 0.29) is 11.9 Å². The molecule has 0 saturated carbocycles. The van der Waals surface area contributed by atoms with E-state index in [0.29, 0.717) is 6.61 Å². The van der Waals surface area contributed by atoms with Crippen LogP contribution in [-0.4, -0.2) is 18.5 Å². The SMILES string of the molecule is NC(=O)[C@H]1CCCN1c1ccc(OCc2ccccc2)cc1. The molecule has 0 aromatic heterocycles. The third kappa shape index (κ3) is 3.22. The molecule has 1 aliphatic rings. The van der Waals surface area contributed by atoms with Gasteiger partial charge in [0, 0.05) is 12.2 Å². The lowest BCUT2D eigenvalue weighted by Crippen LogP contribution is -2.40. The normalized spacial score (nSPS) is 17.5. The van der Waals surface area contributed by atoms with Crippen molar-refractivity contribution in [1.82, 2.24) is 0 Å². The minimum absolute atomic E-state index is 0.184. The number of rotatable bonds is 5. The first-order chi connectivity index (χ1) is 10.7. The highest BCUT2D eigenvalue weighted by Crippen LogP contribution is 2.27. The van der Waals surface area contributed by atoms with Crippen molar-refractivity contribution in [3.63, 3.8) is 0 Å². The van der Waals surface area contributed by atoms with Gasteiger partial charge in [0.25, 0.3) is 0 Å². The first-order valence-corrected chi connectivity index (χ1v) is 7.57. The fourth-order valence-corrected chi connectivity index (χ4v) is 2.85. The van der Waals surface area contributed by atoms with Crippen molar-refractivity contribution in [1.29, 1.82) is 0 Å². The molecule has 1 saturated heterocycles. The Bertz CT molecular complexity index is 625. The summed E-state index contributed by atoms with van der Waals surface area (Å²) < 4.78 is 5.77. The topological polar surface area (TPSA) is 55.6 Å².